The summed E-state index contributed by atoms with van der Waals surface area (Å²) in [7, 11) is 0. The highest BCUT2D eigenvalue weighted by Gasteiger charge is 2.12. The zero-order valence-electron chi connectivity index (χ0n) is 18.7. The Labute approximate surface area is 183 Å². The Morgan fingerprint density at radius 3 is 2.58 bits per heavy atom. The molecule has 162 valence electrons. The maximum atomic E-state index is 12.2. The fraction of sp³-hybridized carbons (Fsp3) is 0.269. The molecule has 0 unspecified atom stereocenters. The number of amides is 1. The molecule has 1 amide bonds. The van der Waals surface area contributed by atoms with E-state index in [1.54, 1.807) is 24.5 Å². The van der Waals surface area contributed by atoms with Gasteiger partial charge in [-0.3, -0.25) is 4.79 Å². The SMILES string of the molecule is CC(=Cc1cc(C)c(-c2ccc(OCc3ccco3)c(O)c2)cc1C)C(=O)NC(C)C. The standard InChI is InChI=1S/C26H29NO4/c1-16(2)27-26(29)19(5)12-21-11-18(4)23(13-17(21)3)20-8-9-25(24(28)14-20)31-15-22-7-6-10-30-22/h6-14,16,28H,15H2,1-5H3,(H,27,29). The summed E-state index contributed by atoms with van der Waals surface area (Å²) in [4.78, 5) is 12.2. The van der Waals surface area contributed by atoms with Gasteiger partial charge in [0.15, 0.2) is 11.5 Å². The van der Waals surface area contributed by atoms with Crippen molar-refractivity contribution in [3.8, 4) is 22.6 Å². The van der Waals surface area contributed by atoms with Gasteiger partial charge in [0.25, 0.3) is 0 Å². The van der Waals surface area contributed by atoms with Gasteiger partial charge in [0.2, 0.25) is 5.91 Å². The molecule has 0 spiro atoms. The number of benzene rings is 2. The van der Waals surface area contributed by atoms with Crippen molar-refractivity contribution in [3.05, 3.63) is 76.8 Å². The van der Waals surface area contributed by atoms with Gasteiger partial charge in [-0.05, 0) is 92.8 Å². The second-order valence-corrected chi connectivity index (χ2v) is 8.03. The molecule has 1 aromatic heterocycles. The van der Waals surface area contributed by atoms with Gasteiger partial charge in [-0.15, -0.1) is 0 Å². The van der Waals surface area contributed by atoms with E-state index in [2.05, 4.69) is 17.4 Å². The number of nitrogens with one attached hydrogen (secondary N) is 1. The summed E-state index contributed by atoms with van der Waals surface area (Å²) < 4.78 is 10.9. The zero-order valence-corrected chi connectivity index (χ0v) is 18.7. The molecule has 3 rings (SSSR count). The number of phenols is 1. The number of phenolic OH excluding ortho intramolecular Hbond substituents is 1. The molecule has 31 heavy (non-hydrogen) atoms. The molecule has 0 bridgehead atoms. The Bertz CT molecular complexity index is 1090. The van der Waals surface area contributed by atoms with Crippen LogP contribution in [0.4, 0.5) is 0 Å². The van der Waals surface area contributed by atoms with E-state index in [9.17, 15) is 9.90 Å². The average molecular weight is 420 g/mol. The molecule has 1 heterocycles. The molecule has 2 aromatic carbocycles. The molecule has 0 aliphatic carbocycles. The Kier molecular flexibility index (Phi) is 6.85. The maximum absolute atomic E-state index is 12.2. The van der Waals surface area contributed by atoms with Crippen molar-refractivity contribution in [1.29, 1.82) is 0 Å². The van der Waals surface area contributed by atoms with Crippen molar-refractivity contribution in [3.63, 3.8) is 0 Å². The minimum Gasteiger partial charge on any atom is -0.504 e. The molecule has 0 radical (unpaired) electrons. The molecular formula is C26H29NO4. The van der Waals surface area contributed by atoms with E-state index in [1.165, 1.54) is 0 Å². The normalized spacial score (nSPS) is 11.6. The third-order valence-corrected chi connectivity index (χ3v) is 4.98. The van der Waals surface area contributed by atoms with Gasteiger partial charge in [0.05, 0.1) is 6.26 Å². The Morgan fingerprint density at radius 2 is 1.94 bits per heavy atom. The van der Waals surface area contributed by atoms with Crippen LogP contribution in [0.5, 0.6) is 11.5 Å². The zero-order chi connectivity index (χ0) is 22.5. The lowest BCUT2D eigenvalue weighted by Crippen LogP contribution is -2.30. The molecular weight excluding hydrogens is 390 g/mol. The molecule has 0 aliphatic rings. The van der Waals surface area contributed by atoms with E-state index in [-0.39, 0.29) is 24.3 Å². The summed E-state index contributed by atoms with van der Waals surface area (Å²) in [5, 5.41) is 13.4. The lowest BCUT2D eigenvalue weighted by Gasteiger charge is -2.14. The molecule has 5 heteroatoms. The number of hydrogen-bond acceptors (Lipinski definition) is 4. The molecule has 0 aliphatic heterocycles. The third-order valence-electron chi connectivity index (χ3n) is 4.98. The average Bonchev–Trinajstić information content (AvgIpc) is 3.22. The number of hydrogen-bond donors (Lipinski definition) is 2. The molecule has 0 atom stereocenters. The number of aromatic hydroxyl groups is 1. The van der Waals surface area contributed by atoms with Crippen molar-refractivity contribution in [1.82, 2.24) is 5.32 Å². The first kappa shape index (κ1) is 22.2. The summed E-state index contributed by atoms with van der Waals surface area (Å²) in [5.74, 6) is 1.11. The predicted octanol–water partition coefficient (Wildman–Crippen LogP) is 5.78. The van der Waals surface area contributed by atoms with Gasteiger partial charge >= 0.3 is 0 Å². The summed E-state index contributed by atoms with van der Waals surface area (Å²) in [6, 6.07) is 13.2. The molecule has 0 saturated carbocycles. The second-order valence-electron chi connectivity index (χ2n) is 8.03. The minimum absolute atomic E-state index is 0.0637. The Morgan fingerprint density at radius 1 is 1.16 bits per heavy atom. The molecule has 0 saturated heterocycles. The largest absolute Gasteiger partial charge is 0.504 e. The van der Waals surface area contributed by atoms with Crippen molar-refractivity contribution in [2.45, 2.75) is 47.3 Å². The third kappa shape index (κ3) is 5.57. The van der Waals surface area contributed by atoms with E-state index < -0.39 is 0 Å². The second kappa shape index (κ2) is 9.56. The highest BCUT2D eigenvalue weighted by Crippen LogP contribution is 2.34. The summed E-state index contributed by atoms with van der Waals surface area (Å²) in [5.41, 5.74) is 5.69. The van der Waals surface area contributed by atoms with E-state index in [0.29, 0.717) is 17.1 Å². The summed E-state index contributed by atoms with van der Waals surface area (Å²) in [6.07, 6.45) is 3.50. The molecule has 5 nitrogen and oxygen atoms in total. The van der Waals surface area contributed by atoms with Crippen LogP contribution in [0.1, 0.15) is 43.2 Å². The van der Waals surface area contributed by atoms with Crippen LogP contribution in [0.3, 0.4) is 0 Å². The number of aryl methyl sites for hydroxylation is 2. The van der Waals surface area contributed by atoms with Gasteiger partial charge in [-0.2, -0.15) is 0 Å². The van der Waals surface area contributed by atoms with Crippen LogP contribution in [0.15, 0.2) is 58.7 Å². The lowest BCUT2D eigenvalue weighted by molar-refractivity contribution is -0.117. The van der Waals surface area contributed by atoms with Crippen LogP contribution in [-0.4, -0.2) is 17.1 Å². The fourth-order valence-corrected chi connectivity index (χ4v) is 3.33. The number of ether oxygens (including phenoxy) is 1. The van der Waals surface area contributed by atoms with Gasteiger partial charge < -0.3 is 19.6 Å². The van der Waals surface area contributed by atoms with Crippen LogP contribution in [0, 0.1) is 13.8 Å². The van der Waals surface area contributed by atoms with Gasteiger partial charge in [0.1, 0.15) is 12.4 Å². The quantitative estimate of drug-likeness (QED) is 0.477. The van der Waals surface area contributed by atoms with Gasteiger partial charge in [0, 0.05) is 11.6 Å². The van der Waals surface area contributed by atoms with E-state index >= 15 is 0 Å². The van der Waals surface area contributed by atoms with Crippen molar-refractivity contribution >= 4 is 12.0 Å². The summed E-state index contributed by atoms with van der Waals surface area (Å²) >= 11 is 0. The monoisotopic (exact) mass is 419 g/mol. The number of carbonyl (C=O) groups is 1. The van der Waals surface area contributed by atoms with Gasteiger partial charge in [-0.25, -0.2) is 0 Å². The highest BCUT2D eigenvalue weighted by atomic mass is 16.5. The molecule has 3 aromatic rings. The predicted molar refractivity (Wildman–Crippen MR) is 123 cm³/mol. The molecule has 0 fully saturated rings. The number of furan rings is 1. The van der Waals surface area contributed by atoms with E-state index in [1.807, 2.05) is 52.8 Å². The Hall–Kier alpha value is -3.47. The maximum Gasteiger partial charge on any atom is 0.247 e. The first-order valence-corrected chi connectivity index (χ1v) is 10.3. The van der Waals surface area contributed by atoms with Crippen LogP contribution in [0.25, 0.3) is 17.2 Å². The summed E-state index contributed by atoms with van der Waals surface area (Å²) in [6.45, 7) is 10.00. The highest BCUT2D eigenvalue weighted by molar-refractivity contribution is 5.97. The molecule has 2 N–H and O–H groups in total. The van der Waals surface area contributed by atoms with Crippen LogP contribution in [-0.2, 0) is 11.4 Å². The van der Waals surface area contributed by atoms with Crippen LogP contribution in [0.2, 0.25) is 0 Å². The minimum atomic E-state index is -0.0637. The fourth-order valence-electron chi connectivity index (χ4n) is 3.33. The topological polar surface area (TPSA) is 71.7 Å². The first-order valence-electron chi connectivity index (χ1n) is 10.3. The lowest BCUT2D eigenvalue weighted by atomic mass is 9.94. The number of rotatable bonds is 7. The van der Waals surface area contributed by atoms with Crippen LogP contribution < -0.4 is 10.1 Å². The van der Waals surface area contributed by atoms with E-state index in [0.717, 1.165) is 27.8 Å². The van der Waals surface area contributed by atoms with Crippen molar-refractivity contribution in [2.24, 2.45) is 0 Å². The smallest absolute Gasteiger partial charge is 0.247 e. The van der Waals surface area contributed by atoms with Gasteiger partial charge in [-0.1, -0.05) is 18.2 Å². The Balaban J connectivity index is 1.82. The van der Waals surface area contributed by atoms with Crippen molar-refractivity contribution in [2.75, 3.05) is 0 Å². The van der Waals surface area contributed by atoms with E-state index in [4.69, 9.17) is 9.15 Å². The number of carbonyl (C=O) groups excluding carboxylic acids is 1. The van der Waals surface area contributed by atoms with Crippen LogP contribution >= 0.6 is 0 Å². The van der Waals surface area contributed by atoms with Crippen molar-refractivity contribution < 1.29 is 19.1 Å². The first-order chi connectivity index (χ1) is 14.7.